The van der Waals surface area contributed by atoms with E-state index < -0.39 is 0 Å². The fraction of sp³-hybridized carbons (Fsp3) is 0.550. The van der Waals surface area contributed by atoms with Crippen molar-refractivity contribution >= 4 is 5.82 Å². The number of benzene rings is 1. The number of anilines is 1. The molecule has 1 saturated carbocycles. The Balaban J connectivity index is 1.30. The second-order valence-electron chi connectivity index (χ2n) is 7.42. The van der Waals surface area contributed by atoms with E-state index in [2.05, 4.69) is 63.3 Å². The van der Waals surface area contributed by atoms with Gasteiger partial charge in [0.15, 0.2) is 0 Å². The molecular weight excluding hydrogens is 296 g/mol. The first-order valence-corrected chi connectivity index (χ1v) is 9.36. The third kappa shape index (κ3) is 3.64. The molecule has 1 aliphatic carbocycles. The second-order valence-corrected chi connectivity index (χ2v) is 7.42. The summed E-state index contributed by atoms with van der Waals surface area (Å²) in [5, 5.41) is 8.31. The summed E-state index contributed by atoms with van der Waals surface area (Å²) in [6.07, 6.45) is 7.06. The summed E-state index contributed by atoms with van der Waals surface area (Å²) in [5.41, 5.74) is 1.42. The molecule has 0 spiro atoms. The van der Waals surface area contributed by atoms with Crippen molar-refractivity contribution in [2.75, 3.05) is 18.4 Å². The molecule has 2 fully saturated rings. The summed E-state index contributed by atoms with van der Waals surface area (Å²) in [4.78, 5) is 2.57. The Hall–Kier alpha value is -1.81. The first kappa shape index (κ1) is 15.7. The van der Waals surface area contributed by atoms with Crippen molar-refractivity contribution < 1.29 is 0 Å². The molecule has 0 amide bonds. The Morgan fingerprint density at radius 3 is 2.54 bits per heavy atom. The van der Waals surface area contributed by atoms with Gasteiger partial charge in [-0.3, -0.25) is 4.90 Å². The molecule has 1 saturated heterocycles. The van der Waals surface area contributed by atoms with Crippen molar-refractivity contribution in [1.82, 2.24) is 14.7 Å². The monoisotopic (exact) mass is 324 g/mol. The zero-order valence-electron chi connectivity index (χ0n) is 14.6. The molecule has 128 valence electrons. The van der Waals surface area contributed by atoms with Crippen LogP contribution in [0.15, 0.2) is 42.6 Å². The highest BCUT2D eigenvalue weighted by Gasteiger charge is 2.31. The molecule has 1 aromatic heterocycles. The minimum absolute atomic E-state index is 0.528. The van der Waals surface area contributed by atoms with Crippen molar-refractivity contribution in [2.45, 2.75) is 51.2 Å². The molecule has 1 aliphatic heterocycles. The Bertz CT molecular complexity index is 639. The number of likely N-dealkylation sites (tertiary alicyclic amines) is 1. The van der Waals surface area contributed by atoms with E-state index in [1.807, 2.05) is 6.20 Å². The average Bonchev–Trinajstić information content (AvgIpc) is 3.37. The van der Waals surface area contributed by atoms with Gasteiger partial charge in [0.2, 0.25) is 0 Å². The van der Waals surface area contributed by atoms with Crippen molar-refractivity contribution in [3.8, 4) is 0 Å². The summed E-state index contributed by atoms with van der Waals surface area (Å²) in [5.74, 6) is 2.04. The summed E-state index contributed by atoms with van der Waals surface area (Å²) in [7, 11) is 0. The van der Waals surface area contributed by atoms with Crippen LogP contribution < -0.4 is 5.32 Å². The average molecular weight is 324 g/mol. The lowest BCUT2D eigenvalue weighted by atomic mass is 10.0. The summed E-state index contributed by atoms with van der Waals surface area (Å²) in [6.45, 7) is 5.71. The van der Waals surface area contributed by atoms with Crippen LogP contribution in [0.2, 0.25) is 0 Å². The van der Waals surface area contributed by atoms with Crippen LogP contribution in [0.3, 0.4) is 0 Å². The van der Waals surface area contributed by atoms with Crippen LogP contribution in [0, 0.1) is 5.92 Å². The fourth-order valence-electron chi connectivity index (χ4n) is 3.82. The van der Waals surface area contributed by atoms with Crippen molar-refractivity contribution in [3.05, 3.63) is 48.2 Å². The standard InChI is InChI=1S/C20H28N4/c1-16(18-7-8-18)24-20(9-12-21-24)22-19-10-13-23(14-11-19)15-17-5-3-2-4-6-17/h2-6,9,12,16,18-19,22H,7-8,10-11,13-15H2,1H3. The van der Waals surface area contributed by atoms with Crippen LogP contribution in [-0.4, -0.2) is 33.8 Å². The maximum absolute atomic E-state index is 4.56. The second kappa shape index (κ2) is 6.98. The van der Waals surface area contributed by atoms with Crippen LogP contribution in [0.25, 0.3) is 0 Å². The fourth-order valence-corrected chi connectivity index (χ4v) is 3.82. The van der Waals surface area contributed by atoms with Gasteiger partial charge in [0.05, 0.1) is 12.2 Å². The van der Waals surface area contributed by atoms with Gasteiger partial charge in [-0.05, 0) is 44.1 Å². The molecule has 1 unspecified atom stereocenters. The molecule has 2 aliphatic rings. The lowest BCUT2D eigenvalue weighted by Crippen LogP contribution is -2.39. The van der Waals surface area contributed by atoms with Crippen LogP contribution in [0.1, 0.15) is 44.2 Å². The Kier molecular flexibility index (Phi) is 4.56. The lowest BCUT2D eigenvalue weighted by Gasteiger charge is -2.33. The van der Waals surface area contributed by atoms with E-state index in [1.54, 1.807) is 0 Å². The molecule has 4 rings (SSSR count). The number of rotatable bonds is 6. The number of piperidine rings is 1. The zero-order chi connectivity index (χ0) is 16.4. The van der Waals surface area contributed by atoms with Crippen LogP contribution in [0.4, 0.5) is 5.82 Å². The maximum atomic E-state index is 4.56. The van der Waals surface area contributed by atoms with Crippen molar-refractivity contribution in [2.24, 2.45) is 5.92 Å². The van der Waals surface area contributed by atoms with E-state index in [0.717, 1.165) is 12.5 Å². The maximum Gasteiger partial charge on any atom is 0.124 e. The number of hydrogen-bond acceptors (Lipinski definition) is 3. The smallest absolute Gasteiger partial charge is 0.124 e. The Morgan fingerprint density at radius 2 is 1.83 bits per heavy atom. The van der Waals surface area contributed by atoms with Gasteiger partial charge in [-0.2, -0.15) is 5.10 Å². The van der Waals surface area contributed by atoms with Gasteiger partial charge >= 0.3 is 0 Å². The highest BCUT2D eigenvalue weighted by atomic mass is 15.3. The molecule has 2 heterocycles. The highest BCUT2D eigenvalue weighted by molar-refractivity contribution is 5.36. The minimum atomic E-state index is 0.528. The number of aromatic nitrogens is 2. The van der Waals surface area contributed by atoms with Gasteiger partial charge < -0.3 is 5.32 Å². The molecule has 24 heavy (non-hydrogen) atoms. The Labute approximate surface area is 144 Å². The molecule has 1 N–H and O–H groups in total. The predicted molar refractivity (Wildman–Crippen MR) is 98.0 cm³/mol. The lowest BCUT2D eigenvalue weighted by molar-refractivity contribution is 0.211. The van der Waals surface area contributed by atoms with Crippen molar-refractivity contribution in [3.63, 3.8) is 0 Å². The zero-order valence-corrected chi connectivity index (χ0v) is 14.6. The third-order valence-electron chi connectivity index (χ3n) is 5.55. The van der Waals surface area contributed by atoms with Gasteiger partial charge in [-0.15, -0.1) is 0 Å². The van der Waals surface area contributed by atoms with Gasteiger partial charge in [-0.1, -0.05) is 30.3 Å². The molecular formula is C20H28N4. The van der Waals surface area contributed by atoms with E-state index in [0.29, 0.717) is 12.1 Å². The van der Waals surface area contributed by atoms with E-state index >= 15 is 0 Å². The van der Waals surface area contributed by atoms with Gasteiger partial charge in [0, 0.05) is 31.7 Å². The van der Waals surface area contributed by atoms with Gasteiger partial charge in [0.1, 0.15) is 5.82 Å². The summed E-state index contributed by atoms with van der Waals surface area (Å²) in [6, 6.07) is 14.0. The molecule has 1 atom stereocenters. The summed E-state index contributed by atoms with van der Waals surface area (Å²) >= 11 is 0. The number of nitrogens with zero attached hydrogens (tertiary/aromatic N) is 3. The van der Waals surface area contributed by atoms with Crippen LogP contribution in [0.5, 0.6) is 0 Å². The highest BCUT2D eigenvalue weighted by Crippen LogP contribution is 2.40. The Morgan fingerprint density at radius 1 is 1.08 bits per heavy atom. The van der Waals surface area contributed by atoms with Gasteiger partial charge in [-0.25, -0.2) is 4.68 Å². The first-order chi connectivity index (χ1) is 11.8. The van der Waals surface area contributed by atoms with E-state index in [1.165, 1.54) is 50.2 Å². The molecule has 2 aromatic rings. The molecule has 4 heteroatoms. The largest absolute Gasteiger partial charge is 0.367 e. The van der Waals surface area contributed by atoms with E-state index in [-0.39, 0.29) is 0 Å². The summed E-state index contributed by atoms with van der Waals surface area (Å²) < 4.78 is 2.20. The third-order valence-corrected chi connectivity index (χ3v) is 5.55. The van der Waals surface area contributed by atoms with Crippen LogP contribution in [-0.2, 0) is 6.54 Å². The van der Waals surface area contributed by atoms with Crippen LogP contribution >= 0.6 is 0 Å². The number of nitrogens with one attached hydrogen (secondary N) is 1. The molecule has 1 aromatic carbocycles. The topological polar surface area (TPSA) is 33.1 Å². The predicted octanol–water partition coefficient (Wildman–Crippen LogP) is 3.93. The van der Waals surface area contributed by atoms with E-state index in [9.17, 15) is 0 Å². The van der Waals surface area contributed by atoms with Crippen molar-refractivity contribution in [1.29, 1.82) is 0 Å². The SMILES string of the molecule is CC(C1CC1)n1nccc1NC1CCN(Cc2ccccc2)CC1. The molecule has 0 radical (unpaired) electrons. The first-order valence-electron chi connectivity index (χ1n) is 9.36. The molecule has 4 nitrogen and oxygen atoms in total. The number of hydrogen-bond donors (Lipinski definition) is 1. The molecule has 0 bridgehead atoms. The quantitative estimate of drug-likeness (QED) is 0.874. The minimum Gasteiger partial charge on any atom is -0.367 e. The van der Waals surface area contributed by atoms with Gasteiger partial charge in [0.25, 0.3) is 0 Å². The van der Waals surface area contributed by atoms with E-state index in [4.69, 9.17) is 0 Å². The normalized spacial score (nSPS) is 20.9.